The summed E-state index contributed by atoms with van der Waals surface area (Å²) in [6, 6.07) is 3.93. The van der Waals surface area contributed by atoms with Gasteiger partial charge in [-0.15, -0.1) is 0 Å². The van der Waals surface area contributed by atoms with E-state index in [1.165, 1.54) is 0 Å². The van der Waals surface area contributed by atoms with Crippen LogP contribution in [0.25, 0.3) is 0 Å². The lowest BCUT2D eigenvalue weighted by Gasteiger charge is -2.28. The van der Waals surface area contributed by atoms with Gasteiger partial charge in [0, 0.05) is 18.3 Å². The molecule has 2 rings (SSSR count). The quantitative estimate of drug-likeness (QED) is 0.871. The highest BCUT2D eigenvalue weighted by Gasteiger charge is 2.26. The topological polar surface area (TPSA) is 68.0 Å². The van der Waals surface area contributed by atoms with Crippen molar-refractivity contribution in [3.63, 3.8) is 0 Å². The van der Waals surface area contributed by atoms with Crippen molar-refractivity contribution in [3.05, 3.63) is 30.1 Å². The van der Waals surface area contributed by atoms with E-state index < -0.39 is 0 Å². The molecule has 0 aromatic carbocycles. The van der Waals surface area contributed by atoms with Crippen LogP contribution in [0.3, 0.4) is 0 Å². The Balaban J connectivity index is 1.84. The molecule has 4 nitrogen and oxygen atoms in total. The molecule has 4 heteroatoms. The third-order valence-corrected chi connectivity index (χ3v) is 4.12. The van der Waals surface area contributed by atoms with Crippen LogP contribution in [0.15, 0.2) is 24.5 Å². The highest BCUT2D eigenvalue weighted by atomic mass is 16.1. The van der Waals surface area contributed by atoms with Crippen LogP contribution in [-0.4, -0.2) is 17.4 Å². The van der Waals surface area contributed by atoms with Crippen molar-refractivity contribution in [2.24, 2.45) is 17.6 Å². The zero-order chi connectivity index (χ0) is 13.7. The molecule has 19 heavy (non-hydrogen) atoms. The molecule has 0 aliphatic heterocycles. The number of rotatable bonds is 4. The van der Waals surface area contributed by atoms with Crippen LogP contribution >= 0.6 is 0 Å². The minimum atomic E-state index is 0.0442. The van der Waals surface area contributed by atoms with Crippen molar-refractivity contribution in [1.29, 1.82) is 0 Å². The Kier molecular flexibility index (Phi) is 4.91. The van der Waals surface area contributed by atoms with Crippen molar-refractivity contribution in [3.8, 4) is 0 Å². The maximum atomic E-state index is 12.2. The second kappa shape index (κ2) is 6.66. The first-order chi connectivity index (χ1) is 9.20. The van der Waals surface area contributed by atoms with Crippen LogP contribution in [0.1, 0.15) is 44.2 Å². The first-order valence-corrected chi connectivity index (χ1v) is 7.11. The molecular weight excluding hydrogens is 238 g/mol. The lowest BCUT2D eigenvalue weighted by Crippen LogP contribution is -2.35. The molecule has 3 N–H and O–H groups in total. The van der Waals surface area contributed by atoms with E-state index in [4.69, 9.17) is 5.73 Å². The number of carbonyl (C=O) groups excluding carboxylic acids is 1. The van der Waals surface area contributed by atoms with Crippen LogP contribution in [0.2, 0.25) is 0 Å². The summed E-state index contributed by atoms with van der Waals surface area (Å²) in [4.78, 5) is 16.2. The molecule has 1 aliphatic rings. The Hall–Kier alpha value is -1.42. The van der Waals surface area contributed by atoms with Gasteiger partial charge in [0.1, 0.15) is 0 Å². The molecule has 1 aromatic heterocycles. The predicted molar refractivity (Wildman–Crippen MR) is 75.3 cm³/mol. The molecule has 1 saturated carbocycles. The molecule has 1 fully saturated rings. The minimum Gasteiger partial charge on any atom is -0.349 e. The molecule has 0 unspecified atom stereocenters. The number of nitrogens with zero attached hydrogens (tertiary/aromatic N) is 1. The smallest absolute Gasteiger partial charge is 0.223 e. The van der Waals surface area contributed by atoms with Crippen LogP contribution in [0, 0.1) is 11.8 Å². The number of nitrogens with one attached hydrogen (secondary N) is 1. The van der Waals surface area contributed by atoms with Gasteiger partial charge < -0.3 is 11.1 Å². The fourth-order valence-corrected chi connectivity index (χ4v) is 2.73. The van der Waals surface area contributed by atoms with E-state index in [0.717, 1.165) is 37.8 Å². The van der Waals surface area contributed by atoms with Crippen molar-refractivity contribution >= 4 is 5.91 Å². The van der Waals surface area contributed by atoms with E-state index in [2.05, 4.69) is 10.3 Å². The number of aromatic nitrogens is 1. The van der Waals surface area contributed by atoms with Gasteiger partial charge in [0.25, 0.3) is 0 Å². The lowest BCUT2D eigenvalue weighted by atomic mass is 9.81. The van der Waals surface area contributed by atoms with Gasteiger partial charge in [-0.05, 0) is 62.8 Å². The van der Waals surface area contributed by atoms with Crippen LogP contribution in [-0.2, 0) is 4.79 Å². The van der Waals surface area contributed by atoms with E-state index >= 15 is 0 Å². The molecule has 0 spiro atoms. The molecule has 1 aromatic rings. The van der Waals surface area contributed by atoms with Crippen molar-refractivity contribution in [1.82, 2.24) is 10.3 Å². The fraction of sp³-hybridized carbons (Fsp3) is 0.600. The third-order valence-electron chi connectivity index (χ3n) is 4.12. The third kappa shape index (κ3) is 3.77. The summed E-state index contributed by atoms with van der Waals surface area (Å²) in [7, 11) is 0. The lowest BCUT2D eigenvalue weighted by molar-refractivity contribution is -0.126. The minimum absolute atomic E-state index is 0.0442. The molecule has 0 saturated heterocycles. The normalized spacial score (nSPS) is 24.7. The van der Waals surface area contributed by atoms with Crippen molar-refractivity contribution < 1.29 is 4.79 Å². The Morgan fingerprint density at radius 2 is 2.00 bits per heavy atom. The van der Waals surface area contributed by atoms with E-state index in [-0.39, 0.29) is 17.9 Å². The standard InChI is InChI=1S/C15H23N3O/c1-11(13-6-8-17-9-7-13)18-15(19)14-4-2-12(10-16)3-5-14/h6-9,11-12,14H,2-5,10,16H2,1H3,(H,18,19)/t11-,12?,14?/m0/s1. The number of nitrogens with two attached hydrogens (primary N) is 1. The zero-order valence-electron chi connectivity index (χ0n) is 11.5. The molecule has 1 aliphatic carbocycles. The molecule has 1 heterocycles. The van der Waals surface area contributed by atoms with Crippen molar-refractivity contribution in [2.75, 3.05) is 6.54 Å². The van der Waals surface area contributed by atoms with E-state index in [1.807, 2.05) is 19.1 Å². The fourth-order valence-electron chi connectivity index (χ4n) is 2.73. The van der Waals surface area contributed by atoms with Gasteiger partial charge in [-0.3, -0.25) is 9.78 Å². The molecule has 1 amide bonds. The molecular formula is C15H23N3O. The zero-order valence-corrected chi connectivity index (χ0v) is 11.5. The first-order valence-electron chi connectivity index (χ1n) is 7.11. The van der Waals surface area contributed by atoms with Gasteiger partial charge in [0.05, 0.1) is 6.04 Å². The van der Waals surface area contributed by atoms with Crippen LogP contribution in [0.4, 0.5) is 0 Å². The SMILES string of the molecule is C[C@H](NC(=O)C1CCC(CN)CC1)c1ccncc1. The summed E-state index contributed by atoms with van der Waals surface area (Å²) >= 11 is 0. The van der Waals surface area contributed by atoms with E-state index in [1.54, 1.807) is 12.4 Å². The molecule has 1 atom stereocenters. The van der Waals surface area contributed by atoms with Gasteiger partial charge in [-0.1, -0.05) is 0 Å². The number of carbonyl (C=O) groups is 1. The summed E-state index contributed by atoms with van der Waals surface area (Å²) in [6.07, 6.45) is 7.61. The summed E-state index contributed by atoms with van der Waals surface area (Å²) in [5, 5.41) is 3.10. The maximum absolute atomic E-state index is 12.2. The van der Waals surface area contributed by atoms with E-state index in [0.29, 0.717) is 5.92 Å². The largest absolute Gasteiger partial charge is 0.349 e. The van der Waals surface area contributed by atoms with E-state index in [9.17, 15) is 4.79 Å². The highest BCUT2D eigenvalue weighted by Crippen LogP contribution is 2.28. The number of hydrogen-bond acceptors (Lipinski definition) is 3. The number of pyridine rings is 1. The highest BCUT2D eigenvalue weighted by molar-refractivity contribution is 5.79. The molecule has 0 radical (unpaired) electrons. The van der Waals surface area contributed by atoms with Crippen molar-refractivity contribution in [2.45, 2.75) is 38.6 Å². The second-order valence-corrected chi connectivity index (χ2v) is 5.46. The van der Waals surface area contributed by atoms with Gasteiger partial charge in [-0.2, -0.15) is 0 Å². The Bertz CT molecular complexity index is 399. The average Bonchev–Trinajstić information content (AvgIpc) is 2.48. The number of hydrogen-bond donors (Lipinski definition) is 2. The van der Waals surface area contributed by atoms with Crippen LogP contribution < -0.4 is 11.1 Å². The summed E-state index contributed by atoms with van der Waals surface area (Å²) < 4.78 is 0. The Morgan fingerprint density at radius 1 is 1.37 bits per heavy atom. The van der Waals surface area contributed by atoms with Gasteiger partial charge in [0.15, 0.2) is 0 Å². The summed E-state index contributed by atoms with van der Waals surface area (Å²) in [5.74, 6) is 0.952. The molecule has 0 bridgehead atoms. The molecule has 104 valence electrons. The monoisotopic (exact) mass is 261 g/mol. The predicted octanol–water partition coefficient (Wildman–Crippen LogP) is 2.02. The average molecular weight is 261 g/mol. The Labute approximate surface area is 114 Å². The Morgan fingerprint density at radius 3 is 2.58 bits per heavy atom. The summed E-state index contributed by atoms with van der Waals surface area (Å²) in [6.45, 7) is 2.76. The van der Waals surface area contributed by atoms with Gasteiger partial charge in [-0.25, -0.2) is 0 Å². The number of amides is 1. The maximum Gasteiger partial charge on any atom is 0.223 e. The van der Waals surface area contributed by atoms with Gasteiger partial charge >= 0.3 is 0 Å². The summed E-state index contributed by atoms with van der Waals surface area (Å²) in [5.41, 5.74) is 6.77. The second-order valence-electron chi connectivity index (χ2n) is 5.46. The van der Waals surface area contributed by atoms with Gasteiger partial charge in [0.2, 0.25) is 5.91 Å². The first kappa shape index (κ1) is 14.0. The van der Waals surface area contributed by atoms with Crippen LogP contribution in [0.5, 0.6) is 0 Å².